The minimum atomic E-state index is -1.04. The molecule has 1 amide bonds. The Kier molecular flexibility index (Phi) is 6.77. The summed E-state index contributed by atoms with van der Waals surface area (Å²) in [6.07, 6.45) is 0. The number of hydrogen-bond donors (Lipinski definition) is 3. The van der Waals surface area contributed by atoms with Gasteiger partial charge < -0.3 is 10.4 Å². The standard InChI is InChI=1S/C19H18Br2N2O3S/c1-19(2,3)12-6-4-10(5-7-12)16(24)23-18(27)22-15-13(20)8-11(17(25)26)9-14(15)21/h4-9H,1-3H3,(H,25,26)(H2,22,23,24,27). The maximum absolute atomic E-state index is 12.4. The molecule has 0 aromatic heterocycles. The first-order valence-electron chi connectivity index (χ1n) is 7.94. The normalized spacial score (nSPS) is 11.0. The number of carbonyl (C=O) groups excluding carboxylic acids is 1. The molecule has 0 aliphatic heterocycles. The first-order valence-corrected chi connectivity index (χ1v) is 9.93. The van der Waals surface area contributed by atoms with Crippen LogP contribution in [0.3, 0.4) is 0 Å². The number of carboxylic acids is 1. The van der Waals surface area contributed by atoms with Gasteiger partial charge in [0, 0.05) is 14.5 Å². The van der Waals surface area contributed by atoms with E-state index in [1.807, 2.05) is 12.1 Å². The molecule has 0 aliphatic rings. The van der Waals surface area contributed by atoms with E-state index < -0.39 is 5.97 Å². The highest BCUT2D eigenvalue weighted by molar-refractivity contribution is 9.11. The van der Waals surface area contributed by atoms with Crippen LogP contribution in [0.5, 0.6) is 0 Å². The zero-order valence-electron chi connectivity index (χ0n) is 14.9. The molecule has 0 heterocycles. The maximum Gasteiger partial charge on any atom is 0.335 e. The molecule has 2 aromatic rings. The topological polar surface area (TPSA) is 78.4 Å². The van der Waals surface area contributed by atoms with Crippen LogP contribution in [0, 0.1) is 0 Å². The molecule has 0 spiro atoms. The molecule has 142 valence electrons. The van der Waals surface area contributed by atoms with Crippen molar-refractivity contribution in [3.05, 3.63) is 62.0 Å². The smallest absolute Gasteiger partial charge is 0.335 e. The minimum absolute atomic E-state index is 0.00648. The number of rotatable bonds is 3. The highest BCUT2D eigenvalue weighted by Crippen LogP contribution is 2.32. The third-order valence-corrected chi connectivity index (χ3v) is 5.22. The number of anilines is 1. The van der Waals surface area contributed by atoms with E-state index in [1.165, 1.54) is 12.1 Å². The Morgan fingerprint density at radius 1 is 1.00 bits per heavy atom. The van der Waals surface area contributed by atoms with Gasteiger partial charge in [-0.05, 0) is 79.3 Å². The number of hydrogen-bond acceptors (Lipinski definition) is 3. The molecule has 0 saturated heterocycles. The molecule has 0 atom stereocenters. The predicted octanol–water partition coefficient (Wildman–Crippen LogP) is 5.33. The summed E-state index contributed by atoms with van der Waals surface area (Å²) in [6, 6.07) is 10.3. The lowest BCUT2D eigenvalue weighted by Crippen LogP contribution is -2.34. The molecule has 8 heteroatoms. The van der Waals surface area contributed by atoms with Crippen LogP contribution in [0.1, 0.15) is 47.1 Å². The maximum atomic E-state index is 12.4. The monoisotopic (exact) mass is 512 g/mol. The Hall–Kier alpha value is -1.77. The second kappa shape index (κ2) is 8.50. The molecule has 0 radical (unpaired) electrons. The van der Waals surface area contributed by atoms with Gasteiger partial charge in [-0.3, -0.25) is 10.1 Å². The number of benzene rings is 2. The predicted molar refractivity (Wildman–Crippen MR) is 118 cm³/mol. The summed E-state index contributed by atoms with van der Waals surface area (Å²) >= 11 is 11.8. The van der Waals surface area contributed by atoms with Gasteiger partial charge in [-0.25, -0.2) is 4.79 Å². The Balaban J connectivity index is 2.10. The molecule has 5 nitrogen and oxygen atoms in total. The van der Waals surface area contributed by atoms with E-state index in [9.17, 15) is 9.59 Å². The fourth-order valence-electron chi connectivity index (χ4n) is 2.26. The van der Waals surface area contributed by atoms with E-state index in [4.69, 9.17) is 17.3 Å². The molecule has 0 bridgehead atoms. The number of thiocarbonyl (C=S) groups is 1. The minimum Gasteiger partial charge on any atom is -0.478 e. The van der Waals surface area contributed by atoms with E-state index in [2.05, 4.69) is 63.3 Å². The average Bonchev–Trinajstić information content (AvgIpc) is 2.57. The summed E-state index contributed by atoms with van der Waals surface area (Å²) in [5.74, 6) is -1.38. The van der Waals surface area contributed by atoms with Crippen LogP contribution in [-0.4, -0.2) is 22.1 Å². The van der Waals surface area contributed by atoms with Crippen LogP contribution in [0.2, 0.25) is 0 Å². The van der Waals surface area contributed by atoms with Gasteiger partial charge in [0.15, 0.2) is 5.11 Å². The third-order valence-electron chi connectivity index (χ3n) is 3.77. The molecule has 0 unspecified atom stereocenters. The summed E-state index contributed by atoms with van der Waals surface area (Å²) in [5, 5.41) is 14.7. The third kappa shape index (κ3) is 5.60. The quantitative estimate of drug-likeness (QED) is 0.483. The van der Waals surface area contributed by atoms with E-state index in [0.717, 1.165) is 5.56 Å². The number of nitrogens with one attached hydrogen (secondary N) is 2. The van der Waals surface area contributed by atoms with E-state index in [0.29, 0.717) is 20.2 Å². The van der Waals surface area contributed by atoms with E-state index in [1.54, 1.807) is 12.1 Å². The van der Waals surface area contributed by atoms with Crippen molar-refractivity contribution in [3.63, 3.8) is 0 Å². The number of carbonyl (C=O) groups is 2. The molecular weight excluding hydrogens is 496 g/mol. The lowest BCUT2D eigenvalue weighted by atomic mass is 9.87. The largest absolute Gasteiger partial charge is 0.478 e. The lowest BCUT2D eigenvalue weighted by Gasteiger charge is -2.19. The highest BCUT2D eigenvalue weighted by atomic mass is 79.9. The van der Waals surface area contributed by atoms with Crippen molar-refractivity contribution < 1.29 is 14.7 Å². The Bertz CT molecular complexity index is 883. The van der Waals surface area contributed by atoms with Crippen LogP contribution < -0.4 is 10.6 Å². The zero-order valence-corrected chi connectivity index (χ0v) is 18.9. The van der Waals surface area contributed by atoms with Crippen LogP contribution in [0.4, 0.5) is 5.69 Å². The molecule has 0 fully saturated rings. The van der Waals surface area contributed by atoms with Gasteiger partial charge >= 0.3 is 5.97 Å². The molecular formula is C19H18Br2N2O3S. The number of amides is 1. The van der Waals surface area contributed by atoms with Gasteiger partial charge in [-0.15, -0.1) is 0 Å². The van der Waals surface area contributed by atoms with Crippen LogP contribution in [0.15, 0.2) is 45.3 Å². The molecule has 3 N–H and O–H groups in total. The van der Waals surface area contributed by atoms with E-state index in [-0.39, 0.29) is 22.0 Å². The van der Waals surface area contributed by atoms with Gasteiger partial charge in [-0.1, -0.05) is 32.9 Å². The second-order valence-electron chi connectivity index (χ2n) is 6.86. The van der Waals surface area contributed by atoms with Crippen LogP contribution in [0.25, 0.3) is 0 Å². The van der Waals surface area contributed by atoms with Crippen molar-refractivity contribution in [1.29, 1.82) is 0 Å². The SMILES string of the molecule is CC(C)(C)c1ccc(C(=O)NC(=S)Nc2c(Br)cc(C(=O)O)cc2Br)cc1. The number of carboxylic acid groups (broad SMARTS) is 1. The lowest BCUT2D eigenvalue weighted by molar-refractivity contribution is 0.0696. The molecule has 0 aliphatic carbocycles. The summed E-state index contributed by atoms with van der Waals surface area (Å²) in [4.78, 5) is 23.5. The Labute approximate surface area is 179 Å². The molecule has 27 heavy (non-hydrogen) atoms. The van der Waals surface area contributed by atoms with E-state index >= 15 is 0 Å². The highest BCUT2D eigenvalue weighted by Gasteiger charge is 2.16. The first-order chi connectivity index (χ1) is 12.5. The van der Waals surface area contributed by atoms with Gasteiger partial charge in [0.1, 0.15) is 0 Å². The van der Waals surface area contributed by atoms with Gasteiger partial charge in [0.25, 0.3) is 5.91 Å². The Morgan fingerprint density at radius 3 is 1.96 bits per heavy atom. The van der Waals surface area contributed by atoms with Crippen LogP contribution >= 0.6 is 44.1 Å². The average molecular weight is 514 g/mol. The molecule has 2 rings (SSSR count). The summed E-state index contributed by atoms with van der Waals surface area (Å²) < 4.78 is 1.00. The molecule has 2 aromatic carbocycles. The van der Waals surface area contributed by atoms with Crippen molar-refractivity contribution >= 4 is 66.8 Å². The van der Waals surface area contributed by atoms with Crippen molar-refractivity contribution in [2.45, 2.75) is 26.2 Å². The summed E-state index contributed by atoms with van der Waals surface area (Å²) in [5.41, 5.74) is 2.27. The van der Waals surface area contributed by atoms with Gasteiger partial charge in [0.2, 0.25) is 0 Å². The Morgan fingerprint density at radius 2 is 1.52 bits per heavy atom. The number of halogens is 2. The summed E-state index contributed by atoms with van der Waals surface area (Å²) in [7, 11) is 0. The number of aromatic carboxylic acids is 1. The zero-order chi connectivity index (χ0) is 20.4. The van der Waals surface area contributed by atoms with Crippen LogP contribution in [-0.2, 0) is 5.41 Å². The van der Waals surface area contributed by atoms with Crippen molar-refractivity contribution in [1.82, 2.24) is 5.32 Å². The second-order valence-corrected chi connectivity index (χ2v) is 8.97. The molecule has 0 saturated carbocycles. The fourth-order valence-corrected chi connectivity index (χ4v) is 3.84. The fraction of sp³-hybridized carbons (Fsp3) is 0.211. The van der Waals surface area contributed by atoms with Crippen molar-refractivity contribution in [2.75, 3.05) is 5.32 Å². The first kappa shape index (κ1) is 21.5. The summed E-state index contributed by atoms with van der Waals surface area (Å²) in [6.45, 7) is 6.31. The van der Waals surface area contributed by atoms with Gasteiger partial charge in [-0.2, -0.15) is 0 Å². The van der Waals surface area contributed by atoms with Gasteiger partial charge in [0.05, 0.1) is 11.3 Å². The van der Waals surface area contributed by atoms with Crippen molar-refractivity contribution in [3.8, 4) is 0 Å². The van der Waals surface area contributed by atoms with Crippen molar-refractivity contribution in [2.24, 2.45) is 0 Å².